The molecule has 0 bridgehead atoms. The van der Waals surface area contributed by atoms with E-state index in [-0.39, 0.29) is 18.4 Å². The molecule has 2 heterocycles. The van der Waals surface area contributed by atoms with Crippen molar-refractivity contribution in [2.75, 3.05) is 11.9 Å². The fourth-order valence-electron chi connectivity index (χ4n) is 3.85. The lowest BCUT2D eigenvalue weighted by molar-refractivity contribution is -0.126. The van der Waals surface area contributed by atoms with Gasteiger partial charge in [-0.05, 0) is 48.6 Å². The van der Waals surface area contributed by atoms with Gasteiger partial charge in [0.25, 0.3) is 5.91 Å². The molecule has 1 aliphatic heterocycles. The number of anilines is 1. The van der Waals surface area contributed by atoms with Gasteiger partial charge < -0.3 is 15.4 Å². The third-order valence-corrected chi connectivity index (χ3v) is 6.25. The number of hydrogen-bond acceptors (Lipinski definition) is 5. The average Bonchev–Trinajstić information content (AvgIpc) is 3.44. The Balaban J connectivity index is 1.55. The summed E-state index contributed by atoms with van der Waals surface area (Å²) < 4.78 is 5.66. The van der Waals surface area contributed by atoms with Crippen molar-refractivity contribution in [3.8, 4) is 0 Å². The van der Waals surface area contributed by atoms with E-state index < -0.39 is 18.2 Å². The zero-order valence-electron chi connectivity index (χ0n) is 18.4. The first-order chi connectivity index (χ1) is 16.0. The summed E-state index contributed by atoms with van der Waals surface area (Å²) in [5.74, 6) is -0.453. The van der Waals surface area contributed by atoms with Crippen LogP contribution in [0, 0.1) is 6.92 Å². The zero-order valence-corrected chi connectivity index (χ0v) is 19.2. The molecule has 8 heteroatoms. The molecule has 1 aromatic heterocycles. The van der Waals surface area contributed by atoms with E-state index in [9.17, 15) is 14.4 Å². The highest BCUT2D eigenvalue weighted by Gasteiger charge is 2.46. The van der Waals surface area contributed by atoms with Crippen LogP contribution in [0.1, 0.15) is 39.4 Å². The Hall–Kier alpha value is -3.65. The van der Waals surface area contributed by atoms with E-state index in [1.807, 2.05) is 49.6 Å². The highest BCUT2D eigenvalue weighted by atomic mass is 32.1. The molecule has 170 valence electrons. The number of carbonyl (C=O) groups is 3. The van der Waals surface area contributed by atoms with Crippen molar-refractivity contribution in [2.45, 2.75) is 32.5 Å². The molecule has 1 saturated heterocycles. The summed E-state index contributed by atoms with van der Waals surface area (Å²) in [4.78, 5) is 40.1. The standard InChI is InChI=1S/C25H25N3O4S/c1-3-26-24(30)21-22(32-25(31)28(21)15-17-7-4-6-16(2)14-17)18-9-11-19(12-10-18)27-23(29)20-8-5-13-33-20/h4-14,21-22H,3,15H2,1-2H3,(H,26,30)(H,27,29)/t21-,22-/m1/s1. The third-order valence-electron chi connectivity index (χ3n) is 5.38. The molecular weight excluding hydrogens is 438 g/mol. The minimum absolute atomic E-state index is 0.186. The van der Waals surface area contributed by atoms with E-state index in [1.54, 1.807) is 30.3 Å². The Bertz CT molecular complexity index is 1140. The van der Waals surface area contributed by atoms with Crippen LogP contribution in [0.25, 0.3) is 0 Å². The number of hydrogen-bond donors (Lipinski definition) is 2. The summed E-state index contributed by atoms with van der Waals surface area (Å²) in [6, 6.07) is 17.6. The first-order valence-corrected chi connectivity index (χ1v) is 11.6. The number of ether oxygens (including phenoxy) is 1. The molecule has 33 heavy (non-hydrogen) atoms. The fraction of sp³-hybridized carbons (Fsp3) is 0.240. The normalized spacial score (nSPS) is 17.5. The lowest BCUT2D eigenvalue weighted by atomic mass is 10.00. The van der Waals surface area contributed by atoms with Gasteiger partial charge in [0.2, 0.25) is 5.91 Å². The van der Waals surface area contributed by atoms with E-state index in [0.29, 0.717) is 22.7 Å². The second kappa shape index (κ2) is 9.87. The maximum absolute atomic E-state index is 12.9. The maximum Gasteiger partial charge on any atom is 0.411 e. The second-order valence-corrected chi connectivity index (χ2v) is 8.76. The summed E-state index contributed by atoms with van der Waals surface area (Å²) in [5.41, 5.74) is 3.30. The van der Waals surface area contributed by atoms with Crippen LogP contribution in [0.3, 0.4) is 0 Å². The minimum atomic E-state index is -0.801. The van der Waals surface area contributed by atoms with Crippen LogP contribution in [0.4, 0.5) is 10.5 Å². The topological polar surface area (TPSA) is 87.7 Å². The lowest BCUT2D eigenvalue weighted by Crippen LogP contribution is -2.46. The Morgan fingerprint density at radius 1 is 1.09 bits per heavy atom. The van der Waals surface area contributed by atoms with E-state index in [4.69, 9.17) is 4.74 Å². The average molecular weight is 464 g/mol. The number of thiophene rings is 1. The molecule has 2 atom stereocenters. The van der Waals surface area contributed by atoms with E-state index in [1.165, 1.54) is 16.2 Å². The lowest BCUT2D eigenvalue weighted by Gasteiger charge is -2.24. The highest BCUT2D eigenvalue weighted by Crippen LogP contribution is 2.34. The molecule has 3 aromatic rings. The second-order valence-electron chi connectivity index (χ2n) is 7.81. The highest BCUT2D eigenvalue weighted by molar-refractivity contribution is 7.12. The number of carbonyl (C=O) groups excluding carboxylic acids is 3. The molecule has 0 spiro atoms. The van der Waals surface area contributed by atoms with Crippen molar-refractivity contribution in [2.24, 2.45) is 0 Å². The van der Waals surface area contributed by atoms with Crippen LogP contribution in [0.5, 0.6) is 0 Å². The van der Waals surface area contributed by atoms with Crippen molar-refractivity contribution in [3.63, 3.8) is 0 Å². The van der Waals surface area contributed by atoms with Crippen molar-refractivity contribution in [1.82, 2.24) is 10.2 Å². The number of likely N-dealkylation sites (N-methyl/N-ethyl adjacent to an activating group) is 1. The first-order valence-electron chi connectivity index (χ1n) is 10.7. The number of amides is 3. The van der Waals surface area contributed by atoms with Crippen LogP contribution >= 0.6 is 11.3 Å². The predicted molar refractivity (Wildman–Crippen MR) is 127 cm³/mol. The summed E-state index contributed by atoms with van der Waals surface area (Å²) in [7, 11) is 0. The smallest absolute Gasteiger partial charge is 0.411 e. The summed E-state index contributed by atoms with van der Waals surface area (Å²) >= 11 is 1.36. The van der Waals surface area contributed by atoms with Crippen LogP contribution < -0.4 is 10.6 Å². The zero-order chi connectivity index (χ0) is 23.4. The van der Waals surface area contributed by atoms with Crippen molar-refractivity contribution < 1.29 is 19.1 Å². The first kappa shape index (κ1) is 22.5. The molecular formula is C25H25N3O4S. The van der Waals surface area contributed by atoms with Gasteiger partial charge in [0.15, 0.2) is 12.1 Å². The Kier molecular flexibility index (Phi) is 6.74. The Morgan fingerprint density at radius 2 is 1.88 bits per heavy atom. The van der Waals surface area contributed by atoms with Gasteiger partial charge in [-0.1, -0.05) is 48.0 Å². The number of rotatable bonds is 7. The molecule has 3 amide bonds. The van der Waals surface area contributed by atoms with E-state index >= 15 is 0 Å². The van der Waals surface area contributed by atoms with Crippen molar-refractivity contribution in [1.29, 1.82) is 0 Å². The molecule has 1 fully saturated rings. The summed E-state index contributed by atoms with van der Waals surface area (Å²) in [5, 5.41) is 7.51. The van der Waals surface area contributed by atoms with Gasteiger partial charge in [0.05, 0.1) is 11.4 Å². The molecule has 0 radical (unpaired) electrons. The predicted octanol–water partition coefficient (Wildman–Crippen LogP) is 4.51. The van der Waals surface area contributed by atoms with Crippen LogP contribution in [-0.2, 0) is 16.1 Å². The number of benzene rings is 2. The van der Waals surface area contributed by atoms with Gasteiger partial charge in [-0.25, -0.2) is 4.79 Å². The maximum atomic E-state index is 12.9. The molecule has 2 N–H and O–H groups in total. The molecule has 4 rings (SSSR count). The van der Waals surface area contributed by atoms with Gasteiger partial charge in [-0.3, -0.25) is 14.5 Å². The number of aryl methyl sites for hydroxylation is 1. The van der Waals surface area contributed by atoms with E-state index in [0.717, 1.165) is 11.1 Å². The third kappa shape index (κ3) is 5.06. The van der Waals surface area contributed by atoms with Crippen molar-refractivity contribution >= 4 is 34.9 Å². The monoisotopic (exact) mass is 463 g/mol. The summed E-state index contributed by atoms with van der Waals surface area (Å²) in [6.07, 6.45) is -1.29. The Morgan fingerprint density at radius 3 is 2.55 bits per heavy atom. The van der Waals surface area contributed by atoms with Gasteiger partial charge >= 0.3 is 6.09 Å². The quantitative estimate of drug-likeness (QED) is 0.540. The molecule has 0 unspecified atom stereocenters. The van der Waals surface area contributed by atoms with Gasteiger partial charge in [-0.15, -0.1) is 11.3 Å². The van der Waals surface area contributed by atoms with Gasteiger partial charge in [0.1, 0.15) is 0 Å². The molecule has 7 nitrogen and oxygen atoms in total. The van der Waals surface area contributed by atoms with Gasteiger partial charge in [-0.2, -0.15) is 0 Å². The SMILES string of the molecule is CCNC(=O)[C@H]1[C@@H](c2ccc(NC(=O)c3cccs3)cc2)OC(=O)N1Cc1cccc(C)c1. The fourth-order valence-corrected chi connectivity index (χ4v) is 4.47. The van der Waals surface area contributed by atoms with Crippen LogP contribution in [0.2, 0.25) is 0 Å². The van der Waals surface area contributed by atoms with E-state index in [2.05, 4.69) is 10.6 Å². The van der Waals surface area contributed by atoms with Gasteiger partial charge in [0, 0.05) is 12.2 Å². The molecule has 0 aliphatic carbocycles. The molecule has 0 saturated carbocycles. The van der Waals surface area contributed by atoms with Crippen molar-refractivity contribution in [3.05, 3.63) is 87.6 Å². The molecule has 1 aliphatic rings. The Labute approximate surface area is 196 Å². The van der Waals surface area contributed by atoms with Crippen LogP contribution in [-0.4, -0.2) is 35.4 Å². The number of nitrogens with zero attached hydrogens (tertiary/aromatic N) is 1. The largest absolute Gasteiger partial charge is 0.438 e. The van der Waals surface area contributed by atoms with Crippen LogP contribution in [0.15, 0.2) is 66.0 Å². The number of nitrogens with one attached hydrogen (secondary N) is 2. The number of cyclic esters (lactones) is 1. The molecule has 2 aromatic carbocycles. The minimum Gasteiger partial charge on any atom is -0.438 e. The summed E-state index contributed by atoms with van der Waals surface area (Å²) in [6.45, 7) is 4.53.